The highest BCUT2D eigenvalue weighted by Crippen LogP contribution is 2.70. The average molecular weight is 667 g/mol. The zero-order valence-electron chi connectivity index (χ0n) is 27.4. The summed E-state index contributed by atoms with van der Waals surface area (Å²) in [6.07, 6.45) is -1.69. The fraction of sp³-hybridized carbons (Fsp3) is 0.429. The highest BCUT2D eigenvalue weighted by Gasteiger charge is 2.78. The van der Waals surface area contributed by atoms with Crippen LogP contribution in [-0.4, -0.2) is 89.0 Å². The molecule has 0 saturated heterocycles. The third-order valence-corrected chi connectivity index (χ3v) is 8.75. The lowest BCUT2D eigenvalue weighted by Crippen LogP contribution is -2.52. The van der Waals surface area contributed by atoms with E-state index in [0.29, 0.717) is 42.4 Å². The summed E-state index contributed by atoms with van der Waals surface area (Å²) in [7, 11) is 4.49. The maximum atomic E-state index is 14.0. The monoisotopic (exact) mass is 666 g/mol. The number of amides is 2. The van der Waals surface area contributed by atoms with Crippen LogP contribution in [0.4, 0.5) is 0 Å². The number of benzene rings is 3. The Hall–Kier alpha value is -4.40. The number of nitrogens with one attached hydrogen (secondary N) is 2. The Kier molecular flexibility index (Phi) is 11.1. The molecule has 13 nitrogen and oxygen atoms in total. The summed E-state index contributed by atoms with van der Waals surface area (Å²) in [5.74, 6) is -1.50. The summed E-state index contributed by atoms with van der Waals surface area (Å²) in [5.41, 5.74) is -0.0996. The van der Waals surface area contributed by atoms with Gasteiger partial charge in [0.1, 0.15) is 29.1 Å². The molecular formula is C35H42N2O11. The van der Waals surface area contributed by atoms with Gasteiger partial charge < -0.3 is 44.0 Å². The van der Waals surface area contributed by atoms with Crippen LogP contribution in [0.25, 0.3) is 0 Å². The number of ether oxygens (including phenoxy) is 6. The van der Waals surface area contributed by atoms with Crippen LogP contribution >= 0.6 is 0 Å². The van der Waals surface area contributed by atoms with E-state index in [-0.39, 0.29) is 42.8 Å². The molecule has 1 fully saturated rings. The van der Waals surface area contributed by atoms with Crippen molar-refractivity contribution in [3.63, 3.8) is 0 Å². The Bertz CT molecular complexity index is 1550. The molecule has 1 aliphatic carbocycles. The second kappa shape index (κ2) is 15.2. The van der Waals surface area contributed by atoms with Gasteiger partial charge in [0.25, 0.3) is 0 Å². The summed E-state index contributed by atoms with van der Waals surface area (Å²) in [5, 5.41) is 27.8. The van der Waals surface area contributed by atoms with Crippen molar-refractivity contribution in [2.24, 2.45) is 5.92 Å². The first-order valence-electron chi connectivity index (χ1n) is 15.6. The van der Waals surface area contributed by atoms with Gasteiger partial charge in [-0.05, 0) is 23.3 Å². The predicted molar refractivity (Wildman–Crippen MR) is 172 cm³/mol. The summed E-state index contributed by atoms with van der Waals surface area (Å²) < 4.78 is 34.3. The molecule has 48 heavy (non-hydrogen) atoms. The Balaban J connectivity index is 1.43. The van der Waals surface area contributed by atoms with Gasteiger partial charge in [0.2, 0.25) is 11.8 Å². The normalized spacial score (nSPS) is 23.8. The molecular weight excluding hydrogens is 624 g/mol. The van der Waals surface area contributed by atoms with Crippen LogP contribution in [0.5, 0.6) is 23.0 Å². The third kappa shape index (κ3) is 6.39. The van der Waals surface area contributed by atoms with Gasteiger partial charge in [-0.3, -0.25) is 14.4 Å². The first-order chi connectivity index (χ1) is 23.2. The van der Waals surface area contributed by atoms with Gasteiger partial charge in [0.15, 0.2) is 11.2 Å². The minimum Gasteiger partial charge on any atom is -0.497 e. The fourth-order valence-corrected chi connectivity index (χ4v) is 6.71. The molecule has 1 aliphatic heterocycles. The first kappa shape index (κ1) is 34.9. The molecule has 3 aromatic carbocycles. The summed E-state index contributed by atoms with van der Waals surface area (Å²) in [6, 6.07) is 19.3. The minimum atomic E-state index is -2.18. The second-order valence-corrected chi connectivity index (χ2v) is 11.4. The van der Waals surface area contributed by atoms with E-state index in [2.05, 4.69) is 10.8 Å². The molecule has 5 rings (SSSR count). The Morgan fingerprint density at radius 3 is 2.17 bits per heavy atom. The maximum absolute atomic E-state index is 14.0. The van der Waals surface area contributed by atoms with Gasteiger partial charge >= 0.3 is 0 Å². The van der Waals surface area contributed by atoms with Crippen molar-refractivity contribution in [1.82, 2.24) is 10.8 Å². The highest BCUT2D eigenvalue weighted by molar-refractivity contribution is 5.82. The lowest BCUT2D eigenvalue weighted by molar-refractivity contribution is -0.158. The molecule has 2 aliphatic rings. The molecule has 0 bridgehead atoms. The average Bonchev–Trinajstić information content (AvgIpc) is 3.48. The van der Waals surface area contributed by atoms with E-state index < -0.39 is 35.0 Å². The van der Waals surface area contributed by atoms with Crippen molar-refractivity contribution < 1.29 is 53.1 Å². The molecule has 1 heterocycles. The van der Waals surface area contributed by atoms with Crippen molar-refractivity contribution in [1.29, 1.82) is 0 Å². The summed E-state index contributed by atoms with van der Waals surface area (Å²) >= 11 is 0. The zero-order chi connectivity index (χ0) is 34.3. The molecule has 1 saturated carbocycles. The van der Waals surface area contributed by atoms with Crippen LogP contribution in [-0.2, 0) is 35.1 Å². The number of aliphatic hydroxyl groups is 2. The Morgan fingerprint density at radius 2 is 1.52 bits per heavy atom. The van der Waals surface area contributed by atoms with Crippen LogP contribution in [0.3, 0.4) is 0 Å². The number of hydroxylamine groups is 1. The van der Waals surface area contributed by atoms with E-state index in [9.17, 15) is 19.8 Å². The number of hydrogen-bond acceptors (Lipinski definition) is 11. The molecule has 3 aromatic rings. The molecule has 0 aromatic heterocycles. The van der Waals surface area contributed by atoms with Crippen LogP contribution in [0.15, 0.2) is 66.7 Å². The quantitative estimate of drug-likeness (QED) is 0.131. The largest absolute Gasteiger partial charge is 0.497 e. The van der Waals surface area contributed by atoms with Gasteiger partial charge in [-0.25, -0.2) is 5.48 Å². The number of rotatable bonds is 16. The number of aliphatic hydroxyl groups excluding tert-OH is 1. The van der Waals surface area contributed by atoms with Crippen LogP contribution in [0, 0.1) is 5.92 Å². The number of hydrogen-bond donors (Lipinski definition) is 4. The number of fused-ring (bicyclic) bond motifs is 3. The number of carbonyl (C=O) groups excluding carboxylic acids is 2. The fourth-order valence-electron chi connectivity index (χ4n) is 6.71. The van der Waals surface area contributed by atoms with Crippen LogP contribution in [0.1, 0.15) is 29.5 Å². The first-order valence-corrected chi connectivity index (χ1v) is 15.6. The van der Waals surface area contributed by atoms with Crippen molar-refractivity contribution in [3.8, 4) is 23.0 Å². The molecule has 0 spiro atoms. The smallest absolute Gasteiger partial charge is 0.250 e. The summed E-state index contributed by atoms with van der Waals surface area (Å²) in [6.45, 7) is 2.98. The van der Waals surface area contributed by atoms with Crippen LogP contribution < -0.4 is 29.7 Å². The Labute approximate surface area is 278 Å². The zero-order valence-corrected chi connectivity index (χ0v) is 27.4. The van der Waals surface area contributed by atoms with E-state index in [1.54, 1.807) is 43.5 Å². The predicted octanol–water partition coefficient (Wildman–Crippen LogP) is 2.18. The highest BCUT2D eigenvalue weighted by atomic mass is 16.7. The van der Waals surface area contributed by atoms with E-state index in [0.717, 1.165) is 0 Å². The van der Waals surface area contributed by atoms with Crippen molar-refractivity contribution >= 4 is 11.8 Å². The number of methoxy groups -OCH3 is 3. The van der Waals surface area contributed by atoms with Gasteiger partial charge in [0, 0.05) is 31.5 Å². The van der Waals surface area contributed by atoms with Gasteiger partial charge in [0.05, 0.1) is 65.8 Å². The minimum absolute atomic E-state index is 0.0112. The lowest BCUT2D eigenvalue weighted by Gasteiger charge is -2.40. The second-order valence-electron chi connectivity index (χ2n) is 11.4. The van der Waals surface area contributed by atoms with E-state index >= 15 is 0 Å². The van der Waals surface area contributed by atoms with Gasteiger partial charge in [-0.2, -0.15) is 0 Å². The Morgan fingerprint density at radius 1 is 0.854 bits per heavy atom. The molecule has 4 N–H and O–H groups in total. The SMILES string of the molecule is COc1ccc([C@@]23Oc4cc(OC)cc(OC)c4[C@]2(O)[C@H](O)[C@H](C(=O)NOCCOCCOCCNC(C)=O)[C@H]3c2ccccc2)cc1. The maximum Gasteiger partial charge on any atom is 0.250 e. The van der Waals surface area contributed by atoms with E-state index in [4.69, 9.17) is 33.3 Å². The van der Waals surface area contributed by atoms with E-state index in [1.165, 1.54) is 21.1 Å². The van der Waals surface area contributed by atoms with E-state index in [1.807, 2.05) is 30.3 Å². The molecule has 0 radical (unpaired) electrons. The number of carbonyl (C=O) groups is 2. The standard InChI is InChI=1S/C35H42N2O11/c1-22(38)36-14-15-45-16-17-46-18-19-47-37-33(40)29-30(23-8-6-5-7-9-23)35(24-10-12-25(42-2)13-11-24)34(41,32(29)39)31-27(44-4)20-26(43-3)21-28(31)48-35/h5-13,20-21,29-30,32,39,41H,14-19H2,1-4H3,(H,36,38)(H,37,40)/t29-,30-,32-,34+,35+/m1/s1. The van der Waals surface area contributed by atoms with Crippen molar-refractivity contribution in [2.75, 3.05) is 60.9 Å². The van der Waals surface area contributed by atoms with Crippen molar-refractivity contribution in [2.45, 2.75) is 30.1 Å². The van der Waals surface area contributed by atoms with Crippen LogP contribution in [0.2, 0.25) is 0 Å². The molecule has 258 valence electrons. The van der Waals surface area contributed by atoms with Gasteiger partial charge in [-0.15, -0.1) is 0 Å². The molecule has 2 amide bonds. The van der Waals surface area contributed by atoms with Crippen molar-refractivity contribution in [3.05, 3.63) is 83.4 Å². The van der Waals surface area contributed by atoms with Gasteiger partial charge in [-0.1, -0.05) is 42.5 Å². The molecule has 5 atom stereocenters. The summed E-state index contributed by atoms with van der Waals surface area (Å²) in [4.78, 5) is 30.4. The molecule has 13 heteroatoms. The third-order valence-electron chi connectivity index (χ3n) is 8.75. The molecule has 0 unspecified atom stereocenters. The topological polar surface area (TPSA) is 163 Å². The lowest BCUT2D eigenvalue weighted by atomic mass is 9.70.